The van der Waals surface area contributed by atoms with Gasteiger partial charge in [0, 0.05) is 11.3 Å². The van der Waals surface area contributed by atoms with Crippen LogP contribution in [0.1, 0.15) is 32.6 Å². The largest absolute Gasteiger partial charge is 0.392 e. The normalized spacial score (nSPS) is 27.6. The molecule has 0 heterocycles. The van der Waals surface area contributed by atoms with Crippen molar-refractivity contribution < 1.29 is 8.42 Å². The predicted molar refractivity (Wildman–Crippen MR) is 77.9 cm³/mol. The van der Waals surface area contributed by atoms with Crippen molar-refractivity contribution in [2.75, 3.05) is 6.26 Å². The fraction of sp³-hybridized carbons (Fsp3) is 0.900. The zero-order valence-corrected chi connectivity index (χ0v) is 12.6. The second-order valence-corrected chi connectivity index (χ2v) is 8.07. The summed E-state index contributed by atoms with van der Waals surface area (Å²) < 4.78 is 26.6. The van der Waals surface area contributed by atoms with Crippen molar-refractivity contribution in [2.45, 2.75) is 49.1 Å². The van der Waals surface area contributed by atoms with E-state index < -0.39 is 15.3 Å². The number of thioether (sulfide) groups is 1. The van der Waals surface area contributed by atoms with Crippen LogP contribution in [-0.2, 0) is 10.0 Å². The Labute approximate surface area is 113 Å². The molecule has 100 valence electrons. The molecular weight excluding hydrogens is 276 g/mol. The molecule has 1 fully saturated rings. The van der Waals surface area contributed by atoms with E-state index in [0.29, 0.717) is 5.25 Å². The van der Waals surface area contributed by atoms with E-state index in [4.69, 9.17) is 18.0 Å². The first-order valence-electron chi connectivity index (χ1n) is 5.70. The summed E-state index contributed by atoms with van der Waals surface area (Å²) in [5.41, 5.74) is 5.39. The number of hydrogen-bond acceptors (Lipinski definition) is 4. The van der Waals surface area contributed by atoms with Crippen LogP contribution < -0.4 is 10.5 Å². The third-order valence-corrected chi connectivity index (χ3v) is 6.60. The quantitative estimate of drug-likeness (QED) is 0.747. The van der Waals surface area contributed by atoms with Gasteiger partial charge in [0.05, 0.1) is 4.99 Å². The van der Waals surface area contributed by atoms with Gasteiger partial charge in [-0.15, -0.1) is 0 Å². The number of hydrogen-bond donors (Lipinski definition) is 2. The van der Waals surface area contributed by atoms with E-state index in [9.17, 15) is 8.42 Å². The second-order valence-electron chi connectivity index (χ2n) is 4.43. The molecular formula is C10H20N2O2S3. The van der Waals surface area contributed by atoms with E-state index in [-0.39, 0.29) is 11.0 Å². The molecule has 1 rings (SSSR count). The average molecular weight is 296 g/mol. The third-order valence-electron chi connectivity index (χ3n) is 3.16. The number of thiocarbonyl (C=S) groups is 1. The van der Waals surface area contributed by atoms with Crippen molar-refractivity contribution in [1.82, 2.24) is 4.72 Å². The molecule has 0 aromatic heterocycles. The lowest BCUT2D eigenvalue weighted by molar-refractivity contribution is 0.420. The van der Waals surface area contributed by atoms with Crippen LogP contribution in [0.3, 0.4) is 0 Å². The Morgan fingerprint density at radius 2 is 2.18 bits per heavy atom. The molecule has 0 aromatic rings. The molecule has 0 spiro atoms. The summed E-state index contributed by atoms with van der Waals surface area (Å²) in [6, 6.07) is 0.0306. The van der Waals surface area contributed by atoms with E-state index in [0.717, 1.165) is 19.3 Å². The van der Waals surface area contributed by atoms with Crippen LogP contribution in [0, 0.1) is 0 Å². The first kappa shape index (κ1) is 15.2. The van der Waals surface area contributed by atoms with Crippen LogP contribution in [0.15, 0.2) is 0 Å². The van der Waals surface area contributed by atoms with Gasteiger partial charge in [0.2, 0.25) is 10.0 Å². The van der Waals surface area contributed by atoms with Crippen molar-refractivity contribution in [3.05, 3.63) is 0 Å². The molecule has 0 amide bonds. The van der Waals surface area contributed by atoms with Crippen LogP contribution in [0.4, 0.5) is 0 Å². The van der Waals surface area contributed by atoms with Crippen molar-refractivity contribution in [3.8, 4) is 0 Å². The number of nitrogens with two attached hydrogens (primary N) is 1. The first-order chi connectivity index (χ1) is 7.86. The van der Waals surface area contributed by atoms with Gasteiger partial charge >= 0.3 is 0 Å². The lowest BCUT2D eigenvalue weighted by atomic mass is 9.96. The highest BCUT2D eigenvalue weighted by Gasteiger charge is 2.29. The minimum Gasteiger partial charge on any atom is -0.392 e. The maximum Gasteiger partial charge on any atom is 0.220 e. The molecule has 3 atom stereocenters. The van der Waals surface area contributed by atoms with Crippen molar-refractivity contribution >= 4 is 39.0 Å². The highest BCUT2D eigenvalue weighted by atomic mass is 32.2. The first-order valence-corrected chi connectivity index (χ1v) is 8.94. The molecule has 0 bridgehead atoms. The minimum absolute atomic E-state index is 0.0229. The van der Waals surface area contributed by atoms with Crippen LogP contribution >= 0.6 is 24.0 Å². The van der Waals surface area contributed by atoms with Gasteiger partial charge in [0.15, 0.2) is 0 Å². The van der Waals surface area contributed by atoms with Gasteiger partial charge in [-0.2, -0.15) is 11.8 Å². The fourth-order valence-electron chi connectivity index (χ4n) is 1.95. The molecule has 7 heteroatoms. The monoisotopic (exact) mass is 296 g/mol. The van der Waals surface area contributed by atoms with E-state index >= 15 is 0 Å². The number of rotatable bonds is 5. The van der Waals surface area contributed by atoms with Crippen LogP contribution in [0.2, 0.25) is 0 Å². The number of sulfonamides is 1. The Hall–Kier alpha value is 0.150. The Balaban J connectivity index is 2.61. The van der Waals surface area contributed by atoms with Crippen LogP contribution in [0.25, 0.3) is 0 Å². The molecule has 3 N–H and O–H groups in total. The summed E-state index contributed by atoms with van der Waals surface area (Å²) in [6.45, 7) is 1.53. The van der Waals surface area contributed by atoms with Gasteiger partial charge in [-0.25, -0.2) is 13.1 Å². The average Bonchev–Trinajstić information content (AvgIpc) is 2.27. The van der Waals surface area contributed by atoms with Gasteiger partial charge < -0.3 is 5.73 Å². The molecule has 4 nitrogen and oxygen atoms in total. The van der Waals surface area contributed by atoms with E-state index in [1.165, 1.54) is 13.3 Å². The van der Waals surface area contributed by atoms with Crippen molar-refractivity contribution in [2.24, 2.45) is 5.73 Å². The molecule has 0 aliphatic heterocycles. The highest BCUT2D eigenvalue weighted by Crippen LogP contribution is 2.27. The molecule has 0 saturated heterocycles. The molecule has 1 aliphatic carbocycles. The molecule has 1 aliphatic rings. The molecule has 3 unspecified atom stereocenters. The zero-order valence-electron chi connectivity index (χ0n) is 10.2. The van der Waals surface area contributed by atoms with Crippen molar-refractivity contribution in [3.63, 3.8) is 0 Å². The summed E-state index contributed by atoms with van der Waals surface area (Å²) in [7, 11) is -3.42. The molecule has 17 heavy (non-hydrogen) atoms. The van der Waals surface area contributed by atoms with Crippen molar-refractivity contribution in [1.29, 1.82) is 0 Å². The summed E-state index contributed by atoms with van der Waals surface area (Å²) in [4.78, 5) is 0.0229. The maximum atomic E-state index is 11.9. The maximum absolute atomic E-state index is 11.9. The van der Waals surface area contributed by atoms with E-state index in [2.05, 4.69) is 11.0 Å². The Kier molecular flexibility index (Phi) is 5.69. The predicted octanol–water partition coefficient (Wildman–Crippen LogP) is 1.25. The Bertz CT molecular complexity index is 370. The van der Waals surface area contributed by atoms with Gasteiger partial charge in [-0.05, 0) is 32.4 Å². The van der Waals surface area contributed by atoms with Gasteiger partial charge in [0.1, 0.15) is 5.25 Å². The highest BCUT2D eigenvalue weighted by molar-refractivity contribution is 7.99. The molecule has 0 radical (unpaired) electrons. The van der Waals surface area contributed by atoms with Gasteiger partial charge in [-0.3, -0.25) is 0 Å². The van der Waals surface area contributed by atoms with E-state index in [1.807, 2.05) is 0 Å². The topological polar surface area (TPSA) is 72.2 Å². The zero-order chi connectivity index (χ0) is 13.1. The summed E-state index contributed by atoms with van der Waals surface area (Å²) in [5.74, 6) is 0. The van der Waals surface area contributed by atoms with Gasteiger partial charge in [-0.1, -0.05) is 18.6 Å². The lowest BCUT2D eigenvalue weighted by Crippen LogP contribution is -2.46. The third kappa shape index (κ3) is 4.39. The van der Waals surface area contributed by atoms with Gasteiger partial charge in [0.25, 0.3) is 0 Å². The minimum atomic E-state index is -3.42. The standard InChI is InChI=1S/C10H20N2O2S3/c1-7(10(11)15)17(13,14)12-8-4-3-5-9(6-8)16-2/h7-9,12H,3-6H2,1-2H3,(H2,11,15). The summed E-state index contributed by atoms with van der Waals surface area (Å²) in [6.07, 6.45) is 6.11. The molecule has 1 saturated carbocycles. The Morgan fingerprint density at radius 3 is 2.71 bits per heavy atom. The van der Waals surface area contributed by atoms with Crippen LogP contribution in [-0.4, -0.2) is 36.2 Å². The molecule has 0 aromatic carbocycles. The SMILES string of the molecule is CSC1CCCC(NS(=O)(=O)C(C)C(N)=S)C1. The Morgan fingerprint density at radius 1 is 1.53 bits per heavy atom. The number of nitrogens with one attached hydrogen (secondary N) is 1. The van der Waals surface area contributed by atoms with E-state index in [1.54, 1.807) is 11.8 Å². The summed E-state index contributed by atoms with van der Waals surface area (Å²) in [5, 5.41) is -0.247. The lowest BCUT2D eigenvalue weighted by Gasteiger charge is -2.29. The second kappa shape index (κ2) is 6.36. The smallest absolute Gasteiger partial charge is 0.220 e. The van der Waals surface area contributed by atoms with Crippen LogP contribution in [0.5, 0.6) is 0 Å². The fourth-order valence-corrected chi connectivity index (χ4v) is 4.35. The summed E-state index contributed by atoms with van der Waals surface area (Å²) >= 11 is 6.54.